The fourth-order valence-corrected chi connectivity index (χ4v) is 2.92. The van der Waals surface area contributed by atoms with E-state index in [0.717, 1.165) is 16.7 Å². The minimum Gasteiger partial charge on any atom is -0.454 e. The molecule has 1 aromatic rings. The molecule has 0 unspecified atom stereocenters. The molecule has 0 aliphatic rings. The average Bonchev–Trinajstić information content (AvgIpc) is 2.52. The van der Waals surface area contributed by atoms with Crippen molar-refractivity contribution < 1.29 is 19.1 Å². The van der Waals surface area contributed by atoms with E-state index in [9.17, 15) is 14.4 Å². The number of ether oxygens (including phenoxy) is 1. The first kappa shape index (κ1) is 20.8. The summed E-state index contributed by atoms with van der Waals surface area (Å²) in [7, 11) is 0. The van der Waals surface area contributed by atoms with Gasteiger partial charge in [-0.1, -0.05) is 17.7 Å². The SMILES string of the molecule is CSCC[C@H](NC(N)=O)C(=O)OCC(=O)Nc1c(C)cc(C)cc1C. The van der Waals surface area contributed by atoms with Gasteiger partial charge >= 0.3 is 12.0 Å². The first-order valence-corrected chi connectivity index (χ1v) is 9.23. The molecule has 0 spiro atoms. The minimum absolute atomic E-state index is 0.376. The van der Waals surface area contributed by atoms with Gasteiger partial charge in [0, 0.05) is 5.69 Å². The highest BCUT2D eigenvalue weighted by atomic mass is 32.2. The minimum atomic E-state index is -0.861. The van der Waals surface area contributed by atoms with Crippen molar-refractivity contribution in [2.24, 2.45) is 5.73 Å². The third-order valence-electron chi connectivity index (χ3n) is 3.50. The molecular weight excluding hydrogens is 342 g/mol. The number of nitrogens with one attached hydrogen (secondary N) is 2. The van der Waals surface area contributed by atoms with Crippen molar-refractivity contribution in [1.82, 2.24) is 5.32 Å². The molecule has 8 heteroatoms. The van der Waals surface area contributed by atoms with Crippen molar-refractivity contribution in [3.63, 3.8) is 0 Å². The highest BCUT2D eigenvalue weighted by Gasteiger charge is 2.22. The number of esters is 1. The van der Waals surface area contributed by atoms with Crippen LogP contribution in [-0.2, 0) is 14.3 Å². The number of hydrogen-bond acceptors (Lipinski definition) is 5. The van der Waals surface area contributed by atoms with Gasteiger partial charge in [-0.25, -0.2) is 9.59 Å². The number of aryl methyl sites for hydroxylation is 3. The molecule has 0 saturated carbocycles. The molecule has 0 aromatic heterocycles. The Kier molecular flexibility index (Phi) is 8.27. The Morgan fingerprint density at radius 1 is 1.20 bits per heavy atom. The third-order valence-corrected chi connectivity index (χ3v) is 4.14. The van der Waals surface area contributed by atoms with Crippen LogP contribution in [0.5, 0.6) is 0 Å². The van der Waals surface area contributed by atoms with E-state index in [1.165, 1.54) is 11.8 Å². The van der Waals surface area contributed by atoms with Crippen molar-refractivity contribution in [3.8, 4) is 0 Å². The van der Waals surface area contributed by atoms with Gasteiger partial charge in [-0.05, 0) is 50.3 Å². The number of carbonyl (C=O) groups excluding carboxylic acids is 3. The molecule has 1 rings (SSSR count). The van der Waals surface area contributed by atoms with E-state index < -0.39 is 30.6 Å². The number of benzene rings is 1. The molecule has 0 aliphatic heterocycles. The average molecular weight is 367 g/mol. The van der Waals surface area contributed by atoms with E-state index in [2.05, 4.69) is 10.6 Å². The van der Waals surface area contributed by atoms with Gasteiger partial charge in [-0.2, -0.15) is 11.8 Å². The summed E-state index contributed by atoms with van der Waals surface area (Å²) in [5.74, 6) is -0.472. The second-order valence-corrected chi connectivity index (χ2v) is 6.76. The zero-order chi connectivity index (χ0) is 19.0. The van der Waals surface area contributed by atoms with Crippen LogP contribution < -0.4 is 16.4 Å². The number of primary amides is 1. The van der Waals surface area contributed by atoms with Crippen LogP contribution in [-0.4, -0.2) is 42.6 Å². The summed E-state index contributed by atoms with van der Waals surface area (Å²) in [6.07, 6.45) is 2.26. The summed E-state index contributed by atoms with van der Waals surface area (Å²) in [5, 5.41) is 5.08. The number of urea groups is 1. The maximum absolute atomic E-state index is 12.1. The predicted octanol–water partition coefficient (Wildman–Crippen LogP) is 1.88. The molecule has 1 aromatic carbocycles. The number of rotatable bonds is 8. The van der Waals surface area contributed by atoms with Crippen LogP contribution in [0.4, 0.5) is 10.5 Å². The molecule has 0 saturated heterocycles. The lowest BCUT2D eigenvalue weighted by molar-refractivity contribution is -0.149. The summed E-state index contributed by atoms with van der Waals surface area (Å²) in [5.41, 5.74) is 8.75. The van der Waals surface area contributed by atoms with E-state index >= 15 is 0 Å². The van der Waals surface area contributed by atoms with Crippen molar-refractivity contribution in [2.45, 2.75) is 33.2 Å². The third kappa shape index (κ3) is 7.04. The largest absolute Gasteiger partial charge is 0.454 e. The lowest BCUT2D eigenvalue weighted by Crippen LogP contribution is -2.45. The Bertz CT molecular complexity index is 626. The molecule has 25 heavy (non-hydrogen) atoms. The van der Waals surface area contributed by atoms with Gasteiger partial charge in [0.1, 0.15) is 6.04 Å². The fraction of sp³-hybridized carbons (Fsp3) is 0.471. The second kappa shape index (κ2) is 9.93. The molecule has 0 radical (unpaired) electrons. The summed E-state index contributed by atoms with van der Waals surface area (Å²) < 4.78 is 5.01. The van der Waals surface area contributed by atoms with E-state index in [0.29, 0.717) is 17.9 Å². The van der Waals surface area contributed by atoms with Crippen molar-refractivity contribution in [3.05, 3.63) is 28.8 Å². The van der Waals surface area contributed by atoms with Gasteiger partial charge in [-0.3, -0.25) is 4.79 Å². The molecule has 4 N–H and O–H groups in total. The highest BCUT2D eigenvalue weighted by Crippen LogP contribution is 2.21. The number of nitrogens with two attached hydrogens (primary N) is 1. The molecule has 1 atom stereocenters. The second-order valence-electron chi connectivity index (χ2n) is 5.77. The number of thioether (sulfide) groups is 1. The number of amides is 3. The topological polar surface area (TPSA) is 111 Å². The van der Waals surface area contributed by atoms with Gasteiger partial charge in [0.25, 0.3) is 5.91 Å². The standard InChI is InChI=1S/C17H25N3O4S/c1-10-7-11(2)15(12(3)8-10)20-14(21)9-24-16(22)13(5-6-25-4)19-17(18)23/h7-8,13H,5-6,9H2,1-4H3,(H,20,21)(H3,18,19,23)/t13-/m0/s1. The monoisotopic (exact) mass is 367 g/mol. The van der Waals surface area contributed by atoms with E-state index in [4.69, 9.17) is 10.5 Å². The van der Waals surface area contributed by atoms with Crippen LogP contribution in [0, 0.1) is 20.8 Å². The Morgan fingerprint density at radius 3 is 2.32 bits per heavy atom. The Hall–Kier alpha value is -2.22. The van der Waals surface area contributed by atoms with Crippen molar-refractivity contribution in [1.29, 1.82) is 0 Å². The summed E-state index contributed by atoms with van der Waals surface area (Å²) in [6, 6.07) is 2.26. The molecular formula is C17H25N3O4S. The van der Waals surface area contributed by atoms with Crippen LogP contribution in [0.15, 0.2) is 12.1 Å². The summed E-state index contributed by atoms with van der Waals surface area (Å²) >= 11 is 1.53. The van der Waals surface area contributed by atoms with Crippen LogP contribution in [0.3, 0.4) is 0 Å². The molecule has 0 bridgehead atoms. The molecule has 0 heterocycles. The van der Waals surface area contributed by atoms with Crippen molar-refractivity contribution >= 4 is 35.4 Å². The zero-order valence-corrected chi connectivity index (χ0v) is 15.8. The predicted molar refractivity (Wildman–Crippen MR) is 99.7 cm³/mol. The smallest absolute Gasteiger partial charge is 0.329 e. The number of anilines is 1. The van der Waals surface area contributed by atoms with Gasteiger partial charge in [0.05, 0.1) is 0 Å². The quantitative estimate of drug-likeness (QED) is 0.608. The maximum Gasteiger partial charge on any atom is 0.329 e. The van der Waals surface area contributed by atoms with E-state index in [-0.39, 0.29) is 0 Å². The normalized spacial score (nSPS) is 11.5. The Labute approximate surface area is 152 Å². The lowest BCUT2D eigenvalue weighted by atomic mass is 10.1. The van der Waals surface area contributed by atoms with E-state index in [1.54, 1.807) is 0 Å². The summed E-state index contributed by atoms with van der Waals surface area (Å²) in [6.45, 7) is 5.35. The Morgan fingerprint density at radius 2 is 1.80 bits per heavy atom. The summed E-state index contributed by atoms with van der Waals surface area (Å²) in [4.78, 5) is 35.1. The van der Waals surface area contributed by atoms with Crippen LogP contribution in [0.1, 0.15) is 23.1 Å². The van der Waals surface area contributed by atoms with Gasteiger partial charge in [0.15, 0.2) is 6.61 Å². The lowest BCUT2D eigenvalue weighted by Gasteiger charge is -2.16. The number of carbonyl (C=O) groups is 3. The van der Waals surface area contributed by atoms with Gasteiger partial charge in [-0.15, -0.1) is 0 Å². The number of hydrogen-bond donors (Lipinski definition) is 3. The fourth-order valence-electron chi connectivity index (χ4n) is 2.45. The molecule has 7 nitrogen and oxygen atoms in total. The Balaban J connectivity index is 2.62. The first-order valence-electron chi connectivity index (χ1n) is 7.83. The molecule has 138 valence electrons. The molecule has 0 fully saturated rings. The van der Waals surface area contributed by atoms with Crippen LogP contribution in [0.25, 0.3) is 0 Å². The molecule has 3 amide bonds. The van der Waals surface area contributed by atoms with Crippen LogP contribution in [0.2, 0.25) is 0 Å². The van der Waals surface area contributed by atoms with Crippen molar-refractivity contribution in [2.75, 3.05) is 23.9 Å². The first-order chi connectivity index (χ1) is 11.7. The van der Waals surface area contributed by atoms with Gasteiger partial charge in [0.2, 0.25) is 0 Å². The van der Waals surface area contributed by atoms with Crippen LogP contribution >= 0.6 is 11.8 Å². The van der Waals surface area contributed by atoms with Gasteiger partial charge < -0.3 is 21.1 Å². The zero-order valence-electron chi connectivity index (χ0n) is 15.0. The maximum atomic E-state index is 12.1. The van der Waals surface area contributed by atoms with E-state index in [1.807, 2.05) is 39.2 Å². The highest BCUT2D eigenvalue weighted by molar-refractivity contribution is 7.98. The molecule has 0 aliphatic carbocycles.